The molecule has 0 aliphatic carbocycles. The van der Waals surface area contributed by atoms with Crippen molar-refractivity contribution in [1.82, 2.24) is 0 Å². The molecule has 68 valence electrons. The average molecular weight is 170 g/mol. The summed E-state index contributed by atoms with van der Waals surface area (Å²) in [6, 6.07) is -0.997. The van der Waals surface area contributed by atoms with Crippen molar-refractivity contribution in [3.05, 3.63) is 0 Å². The maximum atomic E-state index is 9.95. The molecule has 4 nitrogen and oxygen atoms in total. The third-order valence-electron chi connectivity index (χ3n) is 1.58. The number of carbonyl (C=O) groups excluding carboxylic acids is 2. The molecule has 0 bridgehead atoms. The van der Waals surface area contributed by atoms with Gasteiger partial charge < -0.3 is 11.5 Å². The highest BCUT2D eigenvalue weighted by Gasteiger charge is 2.03. The molecular formula is C8H14N2O2. The Morgan fingerprint density at radius 1 is 0.917 bits per heavy atom. The second-order valence-electron chi connectivity index (χ2n) is 2.73. The highest BCUT2D eigenvalue weighted by atomic mass is 16.1. The van der Waals surface area contributed by atoms with Crippen LogP contribution in [0.1, 0.15) is 25.7 Å². The fourth-order valence-electron chi connectivity index (χ4n) is 0.846. The fourth-order valence-corrected chi connectivity index (χ4v) is 0.846. The Hall–Kier alpha value is -0.740. The van der Waals surface area contributed by atoms with Crippen LogP contribution in [0.4, 0.5) is 0 Å². The summed E-state index contributed by atoms with van der Waals surface area (Å²) in [5.41, 5.74) is 10.6. The van der Waals surface area contributed by atoms with Crippen LogP contribution in [0.15, 0.2) is 0 Å². The molecule has 2 unspecified atom stereocenters. The second kappa shape index (κ2) is 6.94. The number of rotatable bonds is 7. The van der Waals surface area contributed by atoms with Crippen LogP contribution in [0.3, 0.4) is 0 Å². The van der Waals surface area contributed by atoms with Gasteiger partial charge in [-0.2, -0.15) is 0 Å². The lowest BCUT2D eigenvalue weighted by Crippen LogP contribution is -2.23. The van der Waals surface area contributed by atoms with Crippen LogP contribution < -0.4 is 11.5 Å². The Balaban J connectivity index is 3.20. The first-order valence-corrected chi connectivity index (χ1v) is 3.97. The van der Waals surface area contributed by atoms with E-state index in [0.717, 1.165) is 12.8 Å². The summed E-state index contributed by atoms with van der Waals surface area (Å²) in [6.07, 6.45) is 6.18. The van der Waals surface area contributed by atoms with Crippen molar-refractivity contribution in [2.45, 2.75) is 37.8 Å². The average Bonchev–Trinajstić information content (AvgIpc) is 2.11. The first-order valence-electron chi connectivity index (χ1n) is 3.97. The minimum Gasteiger partial charge on any atom is -0.321 e. The van der Waals surface area contributed by atoms with Crippen LogP contribution in [-0.4, -0.2) is 24.7 Å². The molecule has 0 aromatic carbocycles. The van der Waals surface area contributed by atoms with Gasteiger partial charge in [-0.1, -0.05) is 12.8 Å². The minimum absolute atomic E-state index is 0.499. The number of hydrogen-bond donors (Lipinski definition) is 2. The van der Waals surface area contributed by atoms with Crippen LogP contribution in [0.2, 0.25) is 0 Å². The first-order chi connectivity index (χ1) is 5.70. The van der Waals surface area contributed by atoms with Gasteiger partial charge in [-0.15, -0.1) is 0 Å². The summed E-state index contributed by atoms with van der Waals surface area (Å²) in [6.45, 7) is 0. The molecule has 12 heavy (non-hydrogen) atoms. The summed E-state index contributed by atoms with van der Waals surface area (Å²) in [5, 5.41) is 0. The zero-order chi connectivity index (χ0) is 9.40. The van der Waals surface area contributed by atoms with Crippen molar-refractivity contribution in [2.24, 2.45) is 11.5 Å². The van der Waals surface area contributed by atoms with Gasteiger partial charge in [0.2, 0.25) is 12.6 Å². The first kappa shape index (κ1) is 11.3. The lowest BCUT2D eigenvalue weighted by atomic mass is 10.1. The molecule has 2 radical (unpaired) electrons. The van der Waals surface area contributed by atoms with Crippen molar-refractivity contribution in [2.75, 3.05) is 0 Å². The van der Waals surface area contributed by atoms with Crippen molar-refractivity contribution in [3.8, 4) is 0 Å². The molecule has 0 amide bonds. The Morgan fingerprint density at radius 3 is 1.50 bits per heavy atom. The number of unbranched alkanes of at least 4 members (excludes halogenated alkanes) is 1. The van der Waals surface area contributed by atoms with Gasteiger partial charge in [0, 0.05) is 0 Å². The Bertz CT molecular complexity index is 123. The fraction of sp³-hybridized carbons (Fsp3) is 0.750. The van der Waals surface area contributed by atoms with Crippen molar-refractivity contribution in [3.63, 3.8) is 0 Å². The standard InChI is InChI=1S/C8H14N2O2/c9-7(5-11)3-1-2-4-8(10)6-12/h7-8H,1-4,9-10H2. The molecule has 0 aromatic rings. The molecule has 2 atom stereocenters. The monoisotopic (exact) mass is 170 g/mol. The van der Waals surface area contributed by atoms with Gasteiger partial charge in [0.25, 0.3) is 0 Å². The molecule has 4 heteroatoms. The van der Waals surface area contributed by atoms with E-state index >= 15 is 0 Å². The van der Waals surface area contributed by atoms with Gasteiger partial charge in [0.15, 0.2) is 0 Å². The van der Waals surface area contributed by atoms with E-state index in [4.69, 9.17) is 11.5 Å². The number of hydrogen-bond acceptors (Lipinski definition) is 4. The van der Waals surface area contributed by atoms with Crippen molar-refractivity contribution >= 4 is 12.6 Å². The highest BCUT2D eigenvalue weighted by molar-refractivity contribution is 5.58. The third kappa shape index (κ3) is 6.00. The van der Waals surface area contributed by atoms with Gasteiger partial charge in [-0.3, -0.25) is 9.59 Å². The van der Waals surface area contributed by atoms with Crippen LogP contribution in [0.5, 0.6) is 0 Å². The largest absolute Gasteiger partial charge is 0.321 e. The Morgan fingerprint density at radius 2 is 1.25 bits per heavy atom. The Labute approximate surface area is 72.3 Å². The summed E-state index contributed by atoms with van der Waals surface area (Å²) in [5.74, 6) is 0. The molecule has 0 aliphatic heterocycles. The molecule has 0 saturated carbocycles. The molecule has 0 spiro atoms. The van der Waals surface area contributed by atoms with E-state index in [1.54, 1.807) is 12.6 Å². The second-order valence-corrected chi connectivity index (χ2v) is 2.73. The normalized spacial score (nSPS) is 15.2. The number of nitrogens with two attached hydrogens (primary N) is 2. The van der Waals surface area contributed by atoms with E-state index in [-0.39, 0.29) is 0 Å². The molecule has 4 N–H and O–H groups in total. The lowest BCUT2D eigenvalue weighted by Gasteiger charge is -2.03. The summed E-state index contributed by atoms with van der Waals surface area (Å²) < 4.78 is 0. The smallest absolute Gasteiger partial charge is 0.216 e. The van der Waals surface area contributed by atoms with E-state index in [1.807, 2.05) is 0 Å². The lowest BCUT2D eigenvalue weighted by molar-refractivity contribution is 0.514. The quantitative estimate of drug-likeness (QED) is 0.500. The van der Waals surface area contributed by atoms with Crippen LogP contribution >= 0.6 is 0 Å². The highest BCUT2D eigenvalue weighted by Crippen LogP contribution is 2.02. The topological polar surface area (TPSA) is 86.2 Å². The summed E-state index contributed by atoms with van der Waals surface area (Å²) in [7, 11) is 0. The molecule has 0 saturated heterocycles. The third-order valence-corrected chi connectivity index (χ3v) is 1.58. The van der Waals surface area contributed by atoms with Crippen molar-refractivity contribution in [1.29, 1.82) is 0 Å². The van der Waals surface area contributed by atoms with Gasteiger partial charge in [-0.25, -0.2) is 0 Å². The zero-order valence-corrected chi connectivity index (χ0v) is 6.95. The molecule has 0 aliphatic rings. The van der Waals surface area contributed by atoms with Gasteiger partial charge in [-0.05, 0) is 12.8 Å². The van der Waals surface area contributed by atoms with Gasteiger partial charge in [0.05, 0.1) is 12.1 Å². The minimum atomic E-state index is -0.499. The molecular weight excluding hydrogens is 156 g/mol. The SMILES string of the molecule is NC([C]=O)CCCCC(N)[C]=O. The van der Waals surface area contributed by atoms with E-state index in [0.29, 0.717) is 12.8 Å². The van der Waals surface area contributed by atoms with E-state index < -0.39 is 12.1 Å². The molecule has 0 heterocycles. The predicted molar refractivity (Wildman–Crippen MR) is 45.8 cm³/mol. The Kier molecular flexibility index (Phi) is 6.51. The molecule has 0 fully saturated rings. The maximum Gasteiger partial charge on any atom is 0.216 e. The zero-order valence-electron chi connectivity index (χ0n) is 6.95. The van der Waals surface area contributed by atoms with Crippen molar-refractivity contribution < 1.29 is 9.59 Å². The summed E-state index contributed by atoms with van der Waals surface area (Å²) >= 11 is 0. The van der Waals surface area contributed by atoms with Crippen LogP contribution in [0.25, 0.3) is 0 Å². The molecule has 0 rings (SSSR count). The van der Waals surface area contributed by atoms with Crippen LogP contribution in [0, 0.1) is 0 Å². The van der Waals surface area contributed by atoms with Gasteiger partial charge >= 0.3 is 0 Å². The van der Waals surface area contributed by atoms with Crippen LogP contribution in [-0.2, 0) is 9.59 Å². The maximum absolute atomic E-state index is 9.95. The molecule has 0 aromatic heterocycles. The van der Waals surface area contributed by atoms with E-state index in [2.05, 4.69) is 0 Å². The van der Waals surface area contributed by atoms with E-state index in [9.17, 15) is 9.59 Å². The van der Waals surface area contributed by atoms with Gasteiger partial charge in [0.1, 0.15) is 0 Å². The predicted octanol–water partition coefficient (Wildman–Crippen LogP) is -0.579. The van der Waals surface area contributed by atoms with E-state index in [1.165, 1.54) is 0 Å². The summed E-state index contributed by atoms with van der Waals surface area (Å²) in [4.78, 5) is 19.9.